The second-order valence-corrected chi connectivity index (χ2v) is 4.98. The molecule has 90 valence electrons. The van der Waals surface area contributed by atoms with Crippen molar-refractivity contribution in [3.8, 4) is 10.7 Å². The Hall–Kier alpha value is -1.85. The van der Waals surface area contributed by atoms with Crippen molar-refractivity contribution >= 4 is 22.2 Å². The van der Waals surface area contributed by atoms with Gasteiger partial charge in [-0.15, -0.1) is 10.2 Å². The van der Waals surface area contributed by atoms with Crippen LogP contribution in [0, 0.1) is 0 Å². The monoisotopic (exact) mass is 256 g/mol. The molecule has 0 saturated heterocycles. The first-order valence-electron chi connectivity index (χ1n) is 5.70. The summed E-state index contributed by atoms with van der Waals surface area (Å²) in [6.07, 6.45) is 0. The van der Waals surface area contributed by atoms with Crippen LogP contribution in [-0.4, -0.2) is 22.2 Å². The third-order valence-corrected chi connectivity index (χ3v) is 3.56. The Balaban J connectivity index is 2.02. The molecule has 0 bridgehead atoms. The number of hydrogen-bond donors (Lipinski definition) is 1. The molecule has 0 aliphatic rings. The molecule has 0 saturated carbocycles. The smallest absolute Gasteiger partial charge is 0.166 e. The van der Waals surface area contributed by atoms with E-state index in [2.05, 4.69) is 32.6 Å². The molecule has 0 unspecified atom stereocenters. The third-order valence-electron chi connectivity index (χ3n) is 2.61. The molecule has 0 radical (unpaired) electrons. The van der Waals surface area contributed by atoms with Gasteiger partial charge in [-0.25, -0.2) is 4.98 Å². The van der Waals surface area contributed by atoms with E-state index in [1.807, 2.05) is 31.3 Å². The van der Waals surface area contributed by atoms with Crippen LogP contribution < -0.4 is 5.32 Å². The molecule has 0 amide bonds. The topological polar surface area (TPSA) is 50.7 Å². The highest BCUT2D eigenvalue weighted by Crippen LogP contribution is 2.23. The van der Waals surface area contributed by atoms with Gasteiger partial charge in [-0.05, 0) is 19.2 Å². The number of rotatable bonds is 3. The molecule has 2 aromatic heterocycles. The molecule has 1 aromatic carbocycles. The molecule has 3 rings (SSSR count). The van der Waals surface area contributed by atoms with Gasteiger partial charge in [0.05, 0.1) is 5.52 Å². The van der Waals surface area contributed by atoms with E-state index in [-0.39, 0.29) is 0 Å². The predicted molar refractivity (Wildman–Crippen MR) is 73.4 cm³/mol. The fourth-order valence-electron chi connectivity index (χ4n) is 1.76. The minimum absolute atomic E-state index is 0.741. The van der Waals surface area contributed by atoms with Crippen LogP contribution in [-0.2, 0) is 6.54 Å². The lowest BCUT2D eigenvalue weighted by molar-refractivity contribution is 0.794. The first kappa shape index (κ1) is 11.3. The van der Waals surface area contributed by atoms with E-state index < -0.39 is 0 Å². The number of pyridine rings is 1. The van der Waals surface area contributed by atoms with Crippen LogP contribution in [0.15, 0.2) is 36.4 Å². The minimum Gasteiger partial charge on any atom is -0.313 e. The second-order valence-electron chi connectivity index (χ2n) is 3.92. The average molecular weight is 256 g/mol. The van der Waals surface area contributed by atoms with E-state index in [1.54, 1.807) is 11.3 Å². The summed E-state index contributed by atoms with van der Waals surface area (Å²) in [5.74, 6) is 0. The molecule has 0 fully saturated rings. The van der Waals surface area contributed by atoms with E-state index in [0.29, 0.717) is 0 Å². The summed E-state index contributed by atoms with van der Waals surface area (Å²) in [5, 5.41) is 14.4. The number of nitrogens with zero attached hydrogens (tertiary/aromatic N) is 3. The molecule has 18 heavy (non-hydrogen) atoms. The van der Waals surface area contributed by atoms with E-state index in [1.165, 1.54) is 0 Å². The SMILES string of the molecule is CNCc1nnc(-c2ccc3ccccc3n2)s1. The van der Waals surface area contributed by atoms with Crippen molar-refractivity contribution < 1.29 is 0 Å². The number of aromatic nitrogens is 3. The van der Waals surface area contributed by atoms with Crippen molar-refractivity contribution in [2.45, 2.75) is 6.54 Å². The molecule has 2 heterocycles. The molecule has 4 nitrogen and oxygen atoms in total. The van der Waals surface area contributed by atoms with Crippen LogP contribution >= 0.6 is 11.3 Å². The van der Waals surface area contributed by atoms with Gasteiger partial charge in [0.15, 0.2) is 5.01 Å². The molecule has 0 spiro atoms. The molecule has 0 atom stereocenters. The first-order valence-corrected chi connectivity index (χ1v) is 6.51. The van der Waals surface area contributed by atoms with Crippen LogP contribution in [0.1, 0.15) is 5.01 Å². The van der Waals surface area contributed by atoms with Crippen molar-refractivity contribution in [3.63, 3.8) is 0 Å². The Morgan fingerprint density at radius 3 is 2.89 bits per heavy atom. The van der Waals surface area contributed by atoms with Gasteiger partial charge in [-0.1, -0.05) is 35.6 Å². The third kappa shape index (κ3) is 2.10. The van der Waals surface area contributed by atoms with E-state index in [9.17, 15) is 0 Å². The normalized spacial score (nSPS) is 10.9. The minimum atomic E-state index is 0.741. The maximum absolute atomic E-state index is 4.61. The van der Waals surface area contributed by atoms with Crippen molar-refractivity contribution in [1.82, 2.24) is 20.5 Å². The molecular weight excluding hydrogens is 244 g/mol. The van der Waals surface area contributed by atoms with Gasteiger partial charge < -0.3 is 5.32 Å². The Morgan fingerprint density at radius 1 is 1.11 bits per heavy atom. The zero-order valence-electron chi connectivity index (χ0n) is 9.92. The standard InChI is InChI=1S/C13H12N4S/c1-14-8-12-16-17-13(18-12)11-7-6-9-4-2-3-5-10(9)15-11/h2-7,14H,8H2,1H3. The summed E-state index contributed by atoms with van der Waals surface area (Å²) in [7, 11) is 1.90. The van der Waals surface area contributed by atoms with Gasteiger partial charge in [0, 0.05) is 11.9 Å². The summed E-state index contributed by atoms with van der Waals surface area (Å²) in [6, 6.07) is 12.1. The number of nitrogens with one attached hydrogen (secondary N) is 1. The maximum atomic E-state index is 4.61. The van der Waals surface area contributed by atoms with Gasteiger partial charge in [-0.2, -0.15) is 0 Å². The van der Waals surface area contributed by atoms with E-state index >= 15 is 0 Å². The van der Waals surface area contributed by atoms with Crippen LogP contribution in [0.3, 0.4) is 0 Å². The molecule has 3 aromatic rings. The zero-order chi connectivity index (χ0) is 12.4. The van der Waals surface area contributed by atoms with E-state index in [4.69, 9.17) is 0 Å². The van der Waals surface area contributed by atoms with Crippen LogP contribution in [0.2, 0.25) is 0 Å². The number of fused-ring (bicyclic) bond motifs is 1. The summed E-state index contributed by atoms with van der Waals surface area (Å²) in [4.78, 5) is 4.61. The predicted octanol–water partition coefficient (Wildman–Crippen LogP) is 2.47. The number of para-hydroxylation sites is 1. The van der Waals surface area contributed by atoms with Crippen molar-refractivity contribution in [2.75, 3.05) is 7.05 Å². The van der Waals surface area contributed by atoms with Gasteiger partial charge in [0.1, 0.15) is 10.7 Å². The number of benzene rings is 1. The largest absolute Gasteiger partial charge is 0.313 e. The molecule has 0 aliphatic heterocycles. The van der Waals surface area contributed by atoms with Gasteiger partial charge >= 0.3 is 0 Å². The second kappa shape index (κ2) is 4.80. The summed E-state index contributed by atoms with van der Waals surface area (Å²) in [6.45, 7) is 0.741. The van der Waals surface area contributed by atoms with Crippen molar-refractivity contribution in [3.05, 3.63) is 41.4 Å². The van der Waals surface area contributed by atoms with Gasteiger partial charge in [-0.3, -0.25) is 0 Å². The van der Waals surface area contributed by atoms with Gasteiger partial charge in [0.2, 0.25) is 0 Å². The van der Waals surface area contributed by atoms with Crippen LogP contribution in [0.25, 0.3) is 21.6 Å². The lowest BCUT2D eigenvalue weighted by Crippen LogP contribution is -2.04. The van der Waals surface area contributed by atoms with Crippen molar-refractivity contribution in [1.29, 1.82) is 0 Å². The van der Waals surface area contributed by atoms with Crippen molar-refractivity contribution in [2.24, 2.45) is 0 Å². The Labute approximate surface area is 109 Å². The Bertz CT molecular complexity index is 677. The molecule has 1 N–H and O–H groups in total. The molecular formula is C13H12N4S. The summed E-state index contributed by atoms with van der Waals surface area (Å²) in [5.41, 5.74) is 1.87. The lowest BCUT2D eigenvalue weighted by Gasteiger charge is -1.98. The maximum Gasteiger partial charge on any atom is 0.166 e. The number of hydrogen-bond acceptors (Lipinski definition) is 5. The summed E-state index contributed by atoms with van der Waals surface area (Å²) < 4.78 is 0. The van der Waals surface area contributed by atoms with E-state index in [0.717, 1.165) is 33.2 Å². The Morgan fingerprint density at radius 2 is 2.00 bits per heavy atom. The fraction of sp³-hybridized carbons (Fsp3) is 0.154. The summed E-state index contributed by atoms with van der Waals surface area (Å²) >= 11 is 1.57. The highest BCUT2D eigenvalue weighted by molar-refractivity contribution is 7.14. The quantitative estimate of drug-likeness (QED) is 0.782. The average Bonchev–Trinajstić information content (AvgIpc) is 2.87. The van der Waals surface area contributed by atoms with Crippen LogP contribution in [0.4, 0.5) is 0 Å². The highest BCUT2D eigenvalue weighted by atomic mass is 32.1. The molecule has 5 heteroatoms. The lowest BCUT2D eigenvalue weighted by atomic mass is 10.2. The molecule has 0 aliphatic carbocycles. The highest BCUT2D eigenvalue weighted by Gasteiger charge is 2.07. The first-order chi connectivity index (χ1) is 8.86. The Kier molecular flexibility index (Phi) is 3.00. The fourth-order valence-corrected chi connectivity index (χ4v) is 2.59. The van der Waals surface area contributed by atoms with Gasteiger partial charge in [0.25, 0.3) is 0 Å². The van der Waals surface area contributed by atoms with Crippen LogP contribution in [0.5, 0.6) is 0 Å². The zero-order valence-corrected chi connectivity index (χ0v) is 10.7.